The molecule has 2 saturated carbocycles. The van der Waals surface area contributed by atoms with Crippen molar-refractivity contribution in [2.24, 2.45) is 11.8 Å². The smallest absolute Gasteiger partial charge is 0.217 e. The molecule has 90 valence electrons. The maximum absolute atomic E-state index is 6.64. The zero-order chi connectivity index (χ0) is 11.9. The second kappa shape index (κ2) is 3.04. The van der Waals surface area contributed by atoms with Gasteiger partial charge in [0.1, 0.15) is 9.75 Å². The number of hydrogen-bond donors (Lipinski definition) is 0. The predicted molar refractivity (Wildman–Crippen MR) is 64.2 cm³/mol. The lowest BCUT2D eigenvalue weighted by Crippen LogP contribution is -2.58. The Hall–Kier alpha value is 0.820. The van der Waals surface area contributed by atoms with E-state index < -0.39 is 15.5 Å². The third-order valence-electron chi connectivity index (χ3n) is 4.18. The Kier molecular flexibility index (Phi) is 2.26. The average Bonchev–Trinajstić information content (AvgIpc) is 3.03. The number of halogens is 4. The highest BCUT2D eigenvalue weighted by Gasteiger charge is 2.89. The number of hydrogen-bond acceptors (Lipinski definition) is 2. The zero-order valence-corrected chi connectivity index (χ0v) is 11.7. The van der Waals surface area contributed by atoms with E-state index >= 15 is 0 Å². The van der Waals surface area contributed by atoms with Crippen molar-refractivity contribution in [2.45, 2.75) is 22.0 Å². The van der Waals surface area contributed by atoms with Gasteiger partial charge >= 0.3 is 0 Å². The van der Waals surface area contributed by atoms with Crippen LogP contribution >= 0.6 is 46.4 Å². The topological polar surface area (TPSA) is 18.5 Å². The summed E-state index contributed by atoms with van der Waals surface area (Å²) in [6.45, 7) is 0. The molecular formula is C10H10Cl4O2. The molecule has 6 heteroatoms. The van der Waals surface area contributed by atoms with E-state index in [-0.39, 0.29) is 11.8 Å². The second-order valence-electron chi connectivity index (χ2n) is 4.53. The first-order valence-electron chi connectivity index (χ1n) is 4.96. The van der Waals surface area contributed by atoms with Crippen molar-refractivity contribution in [1.82, 2.24) is 0 Å². The number of fused-ring (bicyclic) bond motifs is 5. The van der Waals surface area contributed by atoms with E-state index in [9.17, 15) is 0 Å². The molecule has 0 aliphatic heterocycles. The Morgan fingerprint density at radius 2 is 1.38 bits per heavy atom. The molecule has 0 aromatic heterocycles. The summed E-state index contributed by atoms with van der Waals surface area (Å²) in [4.78, 5) is -1.89. The van der Waals surface area contributed by atoms with E-state index in [1.807, 2.05) is 0 Å². The van der Waals surface area contributed by atoms with Gasteiger partial charge < -0.3 is 9.47 Å². The van der Waals surface area contributed by atoms with Crippen molar-refractivity contribution >= 4 is 46.4 Å². The lowest BCUT2D eigenvalue weighted by molar-refractivity contribution is -0.224. The van der Waals surface area contributed by atoms with Crippen LogP contribution in [0.25, 0.3) is 0 Å². The molecule has 0 unspecified atom stereocenters. The van der Waals surface area contributed by atoms with Crippen LogP contribution in [-0.4, -0.2) is 29.8 Å². The van der Waals surface area contributed by atoms with Gasteiger partial charge in [-0.1, -0.05) is 23.2 Å². The Labute approximate surface area is 114 Å². The summed E-state index contributed by atoms with van der Waals surface area (Å²) in [6.07, 6.45) is 0.911. The molecule has 0 N–H and O–H groups in total. The Morgan fingerprint density at radius 3 is 1.62 bits per heavy atom. The normalized spacial score (nSPS) is 52.1. The van der Waals surface area contributed by atoms with Crippen LogP contribution in [0.2, 0.25) is 0 Å². The fourth-order valence-corrected chi connectivity index (χ4v) is 5.69. The lowest BCUT2D eigenvalue weighted by Gasteiger charge is -2.42. The van der Waals surface area contributed by atoms with Crippen LogP contribution in [0.4, 0.5) is 0 Å². The van der Waals surface area contributed by atoms with Crippen molar-refractivity contribution in [3.8, 4) is 0 Å². The highest BCUT2D eigenvalue weighted by atomic mass is 35.5. The molecule has 3 aliphatic carbocycles. The monoisotopic (exact) mass is 302 g/mol. The SMILES string of the molecule is COC1(OC)[C@@]2(Cl)C(Cl)=C(Cl)[C@]1(Cl)[C@@H]1C[C@@H]12. The van der Waals surface area contributed by atoms with Gasteiger partial charge in [-0.3, -0.25) is 0 Å². The average molecular weight is 304 g/mol. The van der Waals surface area contributed by atoms with Gasteiger partial charge in [-0.15, -0.1) is 23.2 Å². The molecule has 2 fully saturated rings. The molecule has 0 spiro atoms. The summed E-state index contributed by atoms with van der Waals surface area (Å²) < 4.78 is 11.0. The van der Waals surface area contributed by atoms with Crippen LogP contribution in [0.5, 0.6) is 0 Å². The number of alkyl halides is 2. The first-order chi connectivity index (χ1) is 7.41. The molecule has 0 aromatic carbocycles. The van der Waals surface area contributed by atoms with Crippen LogP contribution in [0.15, 0.2) is 10.1 Å². The van der Waals surface area contributed by atoms with Crippen molar-refractivity contribution in [1.29, 1.82) is 0 Å². The van der Waals surface area contributed by atoms with Crippen LogP contribution in [0.1, 0.15) is 6.42 Å². The Balaban J connectivity index is 2.28. The third-order valence-corrected chi connectivity index (χ3v) is 6.88. The van der Waals surface area contributed by atoms with E-state index in [4.69, 9.17) is 55.9 Å². The molecule has 0 heterocycles. The van der Waals surface area contributed by atoms with Gasteiger partial charge in [-0.25, -0.2) is 0 Å². The maximum atomic E-state index is 6.64. The van der Waals surface area contributed by atoms with Crippen molar-refractivity contribution in [3.63, 3.8) is 0 Å². The third kappa shape index (κ3) is 0.818. The summed E-state index contributed by atoms with van der Waals surface area (Å²) >= 11 is 25.7. The second-order valence-corrected chi connectivity index (χ2v) is 6.47. The molecule has 16 heavy (non-hydrogen) atoms. The van der Waals surface area contributed by atoms with E-state index in [0.717, 1.165) is 6.42 Å². The molecule has 2 bridgehead atoms. The minimum Gasteiger partial charge on any atom is -0.350 e. The van der Waals surface area contributed by atoms with Crippen molar-refractivity contribution < 1.29 is 9.47 Å². The van der Waals surface area contributed by atoms with Gasteiger partial charge in [0.15, 0.2) is 0 Å². The summed E-state index contributed by atoms with van der Waals surface area (Å²) in [7, 11) is 3.03. The molecule has 3 aliphatic rings. The van der Waals surface area contributed by atoms with E-state index in [1.165, 1.54) is 14.2 Å². The van der Waals surface area contributed by atoms with Gasteiger partial charge in [0.05, 0.1) is 10.1 Å². The van der Waals surface area contributed by atoms with Crippen molar-refractivity contribution in [3.05, 3.63) is 10.1 Å². The molecule has 0 saturated heterocycles. The standard InChI is InChI=1S/C10H10Cl4O2/c1-15-10(16-2)8(13)4-3-5(4)9(10,14)7(12)6(8)11/h4-5H,3H2,1-2H3/t4-,5+,8-,9+. The molecule has 2 nitrogen and oxygen atoms in total. The number of ether oxygens (including phenoxy) is 2. The molecule has 3 rings (SSSR count). The van der Waals surface area contributed by atoms with Crippen LogP contribution in [-0.2, 0) is 9.47 Å². The van der Waals surface area contributed by atoms with Crippen LogP contribution in [0.3, 0.4) is 0 Å². The Bertz CT molecular complexity index is 374. The highest BCUT2D eigenvalue weighted by molar-refractivity contribution is 6.52. The quantitative estimate of drug-likeness (QED) is 0.576. The van der Waals surface area contributed by atoms with Crippen molar-refractivity contribution in [2.75, 3.05) is 14.2 Å². The fraction of sp³-hybridized carbons (Fsp3) is 0.800. The summed E-state index contributed by atoms with van der Waals surface area (Å²) in [6, 6.07) is 0. The lowest BCUT2D eigenvalue weighted by atomic mass is 9.95. The first kappa shape index (κ1) is 11.9. The minimum absolute atomic E-state index is 0.182. The van der Waals surface area contributed by atoms with E-state index in [2.05, 4.69) is 0 Å². The summed E-state index contributed by atoms with van der Waals surface area (Å²) in [5.74, 6) is -0.798. The van der Waals surface area contributed by atoms with Crippen LogP contribution < -0.4 is 0 Å². The van der Waals surface area contributed by atoms with Gasteiger partial charge in [-0.05, 0) is 18.3 Å². The van der Waals surface area contributed by atoms with Crippen LogP contribution in [0, 0.1) is 11.8 Å². The predicted octanol–water partition coefficient (Wildman–Crippen LogP) is 3.28. The zero-order valence-electron chi connectivity index (χ0n) is 8.69. The molecule has 4 atom stereocenters. The molecule has 0 aromatic rings. The largest absolute Gasteiger partial charge is 0.350 e. The van der Waals surface area contributed by atoms with E-state index in [0.29, 0.717) is 10.1 Å². The summed E-state index contributed by atoms with van der Waals surface area (Å²) in [5, 5.41) is 0.738. The minimum atomic E-state index is -1.16. The van der Waals surface area contributed by atoms with Gasteiger partial charge in [0.25, 0.3) is 0 Å². The fourth-order valence-electron chi connectivity index (χ4n) is 3.44. The summed E-state index contributed by atoms with van der Waals surface area (Å²) in [5.41, 5.74) is 0. The Morgan fingerprint density at radius 1 is 1.00 bits per heavy atom. The number of rotatable bonds is 2. The van der Waals surface area contributed by atoms with E-state index in [1.54, 1.807) is 0 Å². The molecular weight excluding hydrogens is 294 g/mol. The van der Waals surface area contributed by atoms with Gasteiger partial charge in [0, 0.05) is 14.2 Å². The first-order valence-corrected chi connectivity index (χ1v) is 6.47. The number of methoxy groups -OCH3 is 2. The highest BCUT2D eigenvalue weighted by Crippen LogP contribution is 2.81. The molecule has 0 radical (unpaired) electrons. The van der Waals surface area contributed by atoms with Gasteiger partial charge in [0.2, 0.25) is 5.79 Å². The maximum Gasteiger partial charge on any atom is 0.217 e. The molecule has 0 amide bonds. The van der Waals surface area contributed by atoms with Gasteiger partial charge in [-0.2, -0.15) is 0 Å².